The average molecular weight is 356 g/mol. The highest BCUT2D eigenvalue weighted by atomic mass is 79.9. The molecule has 0 heterocycles. The summed E-state index contributed by atoms with van der Waals surface area (Å²) in [6.45, 7) is 3.15. The lowest BCUT2D eigenvalue weighted by molar-refractivity contribution is -0.160. The van der Waals surface area contributed by atoms with E-state index in [-0.39, 0.29) is 11.9 Å². The van der Waals surface area contributed by atoms with Crippen LogP contribution in [0.15, 0.2) is 28.7 Å². The van der Waals surface area contributed by atoms with Crippen molar-refractivity contribution in [2.45, 2.75) is 44.9 Å². The van der Waals surface area contributed by atoms with Gasteiger partial charge in [-0.15, -0.1) is 0 Å². The number of amides is 1. The number of halogens is 1. The van der Waals surface area contributed by atoms with Gasteiger partial charge in [-0.2, -0.15) is 0 Å². The summed E-state index contributed by atoms with van der Waals surface area (Å²) in [6, 6.07) is 7.38. The highest BCUT2D eigenvalue weighted by Crippen LogP contribution is 2.19. The van der Waals surface area contributed by atoms with Gasteiger partial charge in [0.1, 0.15) is 5.75 Å². The van der Waals surface area contributed by atoms with E-state index in [4.69, 9.17) is 9.47 Å². The number of benzene rings is 1. The Hall–Kier alpha value is -1.56. The van der Waals surface area contributed by atoms with Gasteiger partial charge in [0.15, 0.2) is 12.2 Å². The Balaban J connectivity index is 1.80. The molecule has 0 unspecified atom stereocenters. The third-order valence-electron chi connectivity index (χ3n) is 3.04. The second-order valence-electron chi connectivity index (χ2n) is 5.08. The summed E-state index contributed by atoms with van der Waals surface area (Å²) in [7, 11) is 0. The van der Waals surface area contributed by atoms with E-state index in [1.165, 1.54) is 0 Å². The van der Waals surface area contributed by atoms with Crippen molar-refractivity contribution >= 4 is 27.8 Å². The van der Waals surface area contributed by atoms with E-state index >= 15 is 0 Å². The number of carbonyl (C=O) groups is 2. The fraction of sp³-hybridized carbons (Fsp3) is 0.467. The van der Waals surface area contributed by atoms with Crippen molar-refractivity contribution in [3.8, 4) is 5.75 Å². The molecule has 2 rings (SSSR count). The minimum Gasteiger partial charge on any atom is -0.479 e. The van der Waals surface area contributed by atoms with Crippen LogP contribution in [0, 0.1) is 0 Å². The third-order valence-corrected chi connectivity index (χ3v) is 3.57. The molecule has 1 fully saturated rings. The summed E-state index contributed by atoms with van der Waals surface area (Å²) in [5.74, 6) is -0.254. The van der Waals surface area contributed by atoms with Gasteiger partial charge in [-0.1, -0.05) is 15.9 Å². The zero-order chi connectivity index (χ0) is 15.4. The van der Waals surface area contributed by atoms with Crippen molar-refractivity contribution in [2.24, 2.45) is 0 Å². The maximum Gasteiger partial charge on any atom is 0.347 e. The number of hydrogen-bond acceptors (Lipinski definition) is 4. The maximum atomic E-state index is 11.9. The molecule has 1 N–H and O–H groups in total. The van der Waals surface area contributed by atoms with Crippen LogP contribution in [-0.2, 0) is 14.3 Å². The number of ether oxygens (including phenoxy) is 2. The van der Waals surface area contributed by atoms with Crippen molar-refractivity contribution < 1.29 is 19.1 Å². The van der Waals surface area contributed by atoms with Gasteiger partial charge in [0.05, 0.1) is 0 Å². The van der Waals surface area contributed by atoms with E-state index in [1.807, 2.05) is 12.1 Å². The van der Waals surface area contributed by atoms with E-state index < -0.39 is 18.2 Å². The van der Waals surface area contributed by atoms with Crippen LogP contribution in [0.2, 0.25) is 0 Å². The van der Waals surface area contributed by atoms with Gasteiger partial charge in [-0.3, -0.25) is 4.79 Å². The maximum absolute atomic E-state index is 11.9. The molecule has 1 aliphatic carbocycles. The van der Waals surface area contributed by atoms with Gasteiger partial charge in [0, 0.05) is 10.5 Å². The molecule has 1 amide bonds. The van der Waals surface area contributed by atoms with E-state index in [0.29, 0.717) is 5.75 Å². The van der Waals surface area contributed by atoms with Crippen molar-refractivity contribution in [3.05, 3.63) is 28.7 Å². The van der Waals surface area contributed by atoms with Crippen LogP contribution in [0.5, 0.6) is 5.75 Å². The van der Waals surface area contributed by atoms with Gasteiger partial charge in [0.25, 0.3) is 5.91 Å². The molecule has 0 saturated heterocycles. The highest BCUT2D eigenvalue weighted by molar-refractivity contribution is 9.10. The van der Waals surface area contributed by atoms with Gasteiger partial charge in [-0.25, -0.2) is 4.79 Å². The summed E-state index contributed by atoms with van der Waals surface area (Å²) < 4.78 is 11.5. The SMILES string of the molecule is C[C@H](OC(=O)[C@H](C)Oc1ccc(Br)cc1)C(=O)NC1CC1. The molecule has 0 bridgehead atoms. The molecule has 6 heteroatoms. The van der Waals surface area contributed by atoms with E-state index in [9.17, 15) is 9.59 Å². The lowest BCUT2D eigenvalue weighted by Gasteiger charge is -2.17. The average Bonchev–Trinajstić information content (AvgIpc) is 3.25. The molecule has 0 aliphatic heterocycles. The predicted molar refractivity (Wildman–Crippen MR) is 81.0 cm³/mol. The topological polar surface area (TPSA) is 64.6 Å². The first-order valence-corrected chi connectivity index (χ1v) is 7.68. The second-order valence-corrected chi connectivity index (χ2v) is 5.99. The highest BCUT2D eigenvalue weighted by Gasteiger charge is 2.28. The minimum atomic E-state index is -0.811. The lowest BCUT2D eigenvalue weighted by Crippen LogP contribution is -2.39. The fourth-order valence-corrected chi connectivity index (χ4v) is 1.90. The molecular weight excluding hydrogens is 338 g/mol. The van der Waals surface area contributed by atoms with Crippen LogP contribution in [0.4, 0.5) is 0 Å². The number of rotatable bonds is 6. The molecule has 1 saturated carbocycles. The number of hydrogen-bond donors (Lipinski definition) is 1. The molecule has 0 radical (unpaired) electrons. The quantitative estimate of drug-likeness (QED) is 0.796. The van der Waals surface area contributed by atoms with Crippen LogP contribution in [0.25, 0.3) is 0 Å². The van der Waals surface area contributed by atoms with Crippen molar-refractivity contribution in [2.75, 3.05) is 0 Å². The van der Waals surface area contributed by atoms with Crippen LogP contribution in [0.3, 0.4) is 0 Å². The zero-order valence-electron chi connectivity index (χ0n) is 12.0. The van der Waals surface area contributed by atoms with Gasteiger partial charge < -0.3 is 14.8 Å². The lowest BCUT2D eigenvalue weighted by atomic mass is 10.3. The largest absolute Gasteiger partial charge is 0.479 e. The van der Waals surface area contributed by atoms with Gasteiger partial charge in [0.2, 0.25) is 0 Å². The summed E-state index contributed by atoms with van der Waals surface area (Å²) in [5, 5.41) is 2.79. The normalized spacial score (nSPS) is 16.7. The van der Waals surface area contributed by atoms with Crippen LogP contribution in [0.1, 0.15) is 26.7 Å². The smallest absolute Gasteiger partial charge is 0.347 e. The monoisotopic (exact) mass is 355 g/mol. The van der Waals surface area contributed by atoms with Crippen molar-refractivity contribution in [1.29, 1.82) is 0 Å². The molecule has 21 heavy (non-hydrogen) atoms. The molecule has 1 aromatic rings. The molecule has 1 aliphatic rings. The molecule has 0 aromatic heterocycles. The third kappa shape index (κ3) is 5.04. The minimum absolute atomic E-state index is 0.245. The Bertz CT molecular complexity index is 513. The summed E-state index contributed by atoms with van der Waals surface area (Å²) in [4.78, 5) is 23.6. The fourth-order valence-electron chi connectivity index (χ4n) is 1.64. The van der Waals surface area contributed by atoms with E-state index in [0.717, 1.165) is 17.3 Å². The zero-order valence-corrected chi connectivity index (χ0v) is 13.6. The molecule has 2 atom stereocenters. The summed E-state index contributed by atoms with van der Waals surface area (Å²) in [5.41, 5.74) is 0. The first-order valence-electron chi connectivity index (χ1n) is 6.89. The standard InChI is InChI=1S/C15H18BrNO4/c1-9(14(18)17-12-5-6-12)21-15(19)10(2)20-13-7-3-11(16)4-8-13/h3-4,7-10,12H,5-6H2,1-2H3,(H,17,18)/t9-,10-/m0/s1. The first kappa shape index (κ1) is 15.8. The van der Waals surface area contributed by atoms with E-state index in [2.05, 4.69) is 21.2 Å². The predicted octanol–water partition coefficient (Wildman–Crippen LogP) is 2.43. The first-order chi connectivity index (χ1) is 9.95. The Labute approximate surface area is 132 Å². The number of carbonyl (C=O) groups excluding carboxylic acids is 2. The molecule has 5 nitrogen and oxygen atoms in total. The molecule has 114 valence electrons. The number of nitrogens with one attached hydrogen (secondary N) is 1. The van der Waals surface area contributed by atoms with Gasteiger partial charge in [-0.05, 0) is 51.0 Å². The Morgan fingerprint density at radius 3 is 2.38 bits per heavy atom. The number of esters is 1. The summed E-state index contributed by atoms with van der Waals surface area (Å²) in [6.07, 6.45) is 0.404. The molecular formula is C15H18BrNO4. The Morgan fingerprint density at radius 1 is 1.19 bits per heavy atom. The van der Waals surface area contributed by atoms with Crippen LogP contribution < -0.4 is 10.1 Å². The molecule has 1 aromatic carbocycles. The van der Waals surface area contributed by atoms with Crippen molar-refractivity contribution in [1.82, 2.24) is 5.32 Å². The van der Waals surface area contributed by atoms with Crippen molar-refractivity contribution in [3.63, 3.8) is 0 Å². The molecule has 0 spiro atoms. The Morgan fingerprint density at radius 2 is 1.81 bits per heavy atom. The van der Waals surface area contributed by atoms with Crippen LogP contribution in [-0.4, -0.2) is 30.1 Å². The van der Waals surface area contributed by atoms with E-state index in [1.54, 1.807) is 26.0 Å². The van der Waals surface area contributed by atoms with Crippen LogP contribution >= 0.6 is 15.9 Å². The van der Waals surface area contributed by atoms with Gasteiger partial charge >= 0.3 is 5.97 Å². The summed E-state index contributed by atoms with van der Waals surface area (Å²) >= 11 is 3.32. The second kappa shape index (κ2) is 6.93. The Kier molecular flexibility index (Phi) is 5.22.